The first kappa shape index (κ1) is 16.1. The van der Waals surface area contributed by atoms with Crippen LogP contribution >= 0.6 is 0 Å². The number of methoxy groups -OCH3 is 1. The van der Waals surface area contributed by atoms with Crippen molar-refractivity contribution in [1.29, 1.82) is 0 Å². The van der Waals surface area contributed by atoms with Gasteiger partial charge in [0.2, 0.25) is 5.92 Å². The monoisotopic (exact) mass is 296 g/mol. The Morgan fingerprint density at radius 2 is 1.50 bits per heavy atom. The smallest absolute Gasteiger partial charge is 0.248 e. The van der Waals surface area contributed by atoms with Gasteiger partial charge >= 0.3 is 0 Å². The molecule has 0 heterocycles. The number of hydrogen-bond donors (Lipinski definition) is 0. The van der Waals surface area contributed by atoms with Gasteiger partial charge in [0, 0.05) is 13.0 Å². The zero-order valence-corrected chi connectivity index (χ0v) is 12.1. The van der Waals surface area contributed by atoms with E-state index in [4.69, 9.17) is 4.74 Å². The number of alkyl halides is 4. The van der Waals surface area contributed by atoms with Gasteiger partial charge in [0.15, 0.2) is 6.17 Å². The van der Waals surface area contributed by atoms with Gasteiger partial charge in [0.05, 0.1) is 6.10 Å². The molecule has 0 aromatic heterocycles. The van der Waals surface area contributed by atoms with Gasteiger partial charge < -0.3 is 4.74 Å². The van der Waals surface area contributed by atoms with Gasteiger partial charge in [-0.3, -0.25) is 0 Å². The van der Waals surface area contributed by atoms with E-state index in [1.165, 1.54) is 7.11 Å². The number of halogens is 4. The topological polar surface area (TPSA) is 9.23 Å². The molecule has 0 saturated heterocycles. The van der Waals surface area contributed by atoms with E-state index in [2.05, 4.69) is 0 Å². The first-order valence-electron chi connectivity index (χ1n) is 7.53. The van der Waals surface area contributed by atoms with Crippen molar-refractivity contribution < 1.29 is 22.3 Å². The van der Waals surface area contributed by atoms with Gasteiger partial charge in [-0.2, -0.15) is 0 Å². The molecule has 2 aliphatic carbocycles. The summed E-state index contributed by atoms with van der Waals surface area (Å²) in [4.78, 5) is 0. The number of ether oxygens (including phenoxy) is 1. The summed E-state index contributed by atoms with van der Waals surface area (Å²) in [5.74, 6) is -3.55. The normalized spacial score (nSPS) is 43.5. The van der Waals surface area contributed by atoms with Crippen LogP contribution in [0, 0.1) is 17.8 Å². The summed E-state index contributed by atoms with van der Waals surface area (Å²) in [6.07, 6.45) is -0.624. The van der Waals surface area contributed by atoms with E-state index in [-0.39, 0.29) is 11.8 Å². The molecule has 0 aliphatic heterocycles. The predicted octanol–water partition coefficient (Wildman–Crippen LogP) is 4.55. The van der Waals surface area contributed by atoms with Crippen LogP contribution in [0.15, 0.2) is 0 Å². The first-order valence-corrected chi connectivity index (χ1v) is 7.53. The highest BCUT2D eigenvalue weighted by Crippen LogP contribution is 2.45. The van der Waals surface area contributed by atoms with Crippen LogP contribution in [-0.2, 0) is 4.74 Å². The summed E-state index contributed by atoms with van der Waals surface area (Å²) in [7, 11) is 1.40. The molecular weight excluding hydrogens is 272 g/mol. The predicted molar refractivity (Wildman–Crippen MR) is 69.4 cm³/mol. The van der Waals surface area contributed by atoms with E-state index in [1.54, 1.807) is 0 Å². The maximum Gasteiger partial charge on any atom is 0.248 e. The zero-order chi connectivity index (χ0) is 14.9. The molecule has 2 saturated carbocycles. The molecule has 0 aromatic rings. The van der Waals surface area contributed by atoms with Crippen LogP contribution in [0.25, 0.3) is 0 Å². The second kappa shape index (κ2) is 6.20. The van der Waals surface area contributed by atoms with Crippen molar-refractivity contribution in [3.63, 3.8) is 0 Å². The molecule has 0 N–H and O–H groups in total. The van der Waals surface area contributed by atoms with E-state index in [0.717, 1.165) is 6.92 Å². The van der Waals surface area contributed by atoms with Crippen LogP contribution < -0.4 is 0 Å². The minimum atomic E-state index is -2.66. The highest BCUT2D eigenvalue weighted by atomic mass is 19.3. The van der Waals surface area contributed by atoms with Crippen LogP contribution in [0.2, 0.25) is 0 Å². The summed E-state index contributed by atoms with van der Waals surface area (Å²) in [6.45, 7) is 0.956. The highest BCUT2D eigenvalue weighted by molar-refractivity contribution is 4.93. The maximum absolute atomic E-state index is 14.2. The lowest BCUT2D eigenvalue weighted by atomic mass is 9.68. The lowest BCUT2D eigenvalue weighted by Crippen LogP contribution is -2.45. The van der Waals surface area contributed by atoms with E-state index in [0.29, 0.717) is 38.5 Å². The summed E-state index contributed by atoms with van der Waals surface area (Å²) in [5, 5.41) is 0. The lowest BCUT2D eigenvalue weighted by Gasteiger charge is -2.41. The van der Waals surface area contributed by atoms with Crippen LogP contribution in [0.3, 0.4) is 0 Å². The Morgan fingerprint density at radius 1 is 0.900 bits per heavy atom. The van der Waals surface area contributed by atoms with Gasteiger partial charge in [-0.25, -0.2) is 17.6 Å². The fourth-order valence-corrected chi connectivity index (χ4v) is 3.91. The molecule has 5 heteroatoms. The van der Waals surface area contributed by atoms with E-state index < -0.39 is 30.3 Å². The fraction of sp³-hybridized carbons (Fsp3) is 1.00. The molecule has 0 spiro atoms. The minimum Gasteiger partial charge on any atom is -0.378 e. The Balaban J connectivity index is 1.91. The SMILES string of the molecule is COC1CCC(C2CCC(C(C)(F)F)CC2)C(F)C1F. The van der Waals surface area contributed by atoms with Crippen molar-refractivity contribution >= 4 is 0 Å². The standard InChI is InChI=1S/C15H24F4O/c1-15(18,19)10-5-3-9(4-6-10)11-7-8-12(20-2)14(17)13(11)16/h9-14H,3-8H2,1-2H3. The Bertz CT molecular complexity index is 309. The van der Waals surface area contributed by atoms with Crippen LogP contribution in [0.4, 0.5) is 17.6 Å². The lowest BCUT2D eigenvalue weighted by molar-refractivity contribution is -0.0868. The molecule has 118 valence electrons. The minimum absolute atomic E-state index is 0.0413. The number of hydrogen-bond acceptors (Lipinski definition) is 1. The third-order valence-corrected chi connectivity index (χ3v) is 5.25. The maximum atomic E-state index is 14.2. The van der Waals surface area contributed by atoms with Gasteiger partial charge in [-0.15, -0.1) is 0 Å². The molecule has 2 aliphatic rings. The Kier molecular flexibility index (Phi) is 4.98. The molecule has 0 radical (unpaired) electrons. The fourth-order valence-electron chi connectivity index (χ4n) is 3.91. The quantitative estimate of drug-likeness (QED) is 0.694. The van der Waals surface area contributed by atoms with Gasteiger partial charge in [-0.1, -0.05) is 0 Å². The van der Waals surface area contributed by atoms with E-state index >= 15 is 0 Å². The molecule has 2 fully saturated rings. The Labute approximate surface area is 118 Å². The third kappa shape index (κ3) is 3.29. The highest BCUT2D eigenvalue weighted by Gasteiger charge is 2.46. The van der Waals surface area contributed by atoms with E-state index in [1.807, 2.05) is 0 Å². The Hall–Kier alpha value is -0.320. The van der Waals surface area contributed by atoms with Gasteiger partial charge in [0.25, 0.3) is 0 Å². The zero-order valence-electron chi connectivity index (χ0n) is 12.1. The molecule has 20 heavy (non-hydrogen) atoms. The summed E-state index contributed by atoms with van der Waals surface area (Å²) >= 11 is 0. The molecule has 4 atom stereocenters. The van der Waals surface area contributed by atoms with Crippen molar-refractivity contribution in [3.8, 4) is 0 Å². The molecule has 0 aromatic carbocycles. The average Bonchev–Trinajstić information content (AvgIpc) is 2.41. The largest absolute Gasteiger partial charge is 0.378 e. The second-order valence-electron chi connectivity index (χ2n) is 6.47. The molecule has 0 bridgehead atoms. The van der Waals surface area contributed by atoms with Gasteiger partial charge in [-0.05, 0) is 57.3 Å². The van der Waals surface area contributed by atoms with Crippen molar-refractivity contribution in [2.24, 2.45) is 17.8 Å². The first-order chi connectivity index (χ1) is 9.34. The molecule has 2 rings (SSSR count). The third-order valence-electron chi connectivity index (χ3n) is 5.25. The molecule has 1 nitrogen and oxygen atoms in total. The average molecular weight is 296 g/mol. The summed E-state index contributed by atoms with van der Waals surface area (Å²) in [5.41, 5.74) is 0. The second-order valence-corrected chi connectivity index (χ2v) is 6.47. The molecular formula is C15H24F4O. The van der Waals surface area contributed by atoms with Crippen molar-refractivity contribution in [2.45, 2.75) is 69.8 Å². The van der Waals surface area contributed by atoms with Crippen LogP contribution in [0.1, 0.15) is 45.4 Å². The van der Waals surface area contributed by atoms with Crippen molar-refractivity contribution in [1.82, 2.24) is 0 Å². The molecule has 0 amide bonds. The summed E-state index contributed by atoms with van der Waals surface area (Å²) < 4.78 is 59.6. The Morgan fingerprint density at radius 3 is 2.00 bits per heavy atom. The van der Waals surface area contributed by atoms with E-state index in [9.17, 15) is 17.6 Å². The van der Waals surface area contributed by atoms with Crippen molar-refractivity contribution in [2.75, 3.05) is 7.11 Å². The molecule has 4 unspecified atom stereocenters. The van der Waals surface area contributed by atoms with Gasteiger partial charge in [0.1, 0.15) is 6.17 Å². The number of rotatable bonds is 3. The van der Waals surface area contributed by atoms with Crippen LogP contribution in [0.5, 0.6) is 0 Å². The van der Waals surface area contributed by atoms with Crippen molar-refractivity contribution in [3.05, 3.63) is 0 Å². The summed E-state index contributed by atoms with van der Waals surface area (Å²) in [6, 6.07) is 0. The van der Waals surface area contributed by atoms with Crippen LogP contribution in [-0.4, -0.2) is 31.5 Å².